The van der Waals surface area contributed by atoms with Gasteiger partial charge in [0.1, 0.15) is 5.75 Å². The summed E-state index contributed by atoms with van der Waals surface area (Å²) in [5.74, 6) is 0.807. The summed E-state index contributed by atoms with van der Waals surface area (Å²) in [4.78, 5) is 35.7. The molecule has 0 atom stereocenters. The third-order valence-corrected chi connectivity index (χ3v) is 6.77. The second kappa shape index (κ2) is 11.3. The van der Waals surface area contributed by atoms with Gasteiger partial charge in [0.15, 0.2) is 5.78 Å². The summed E-state index contributed by atoms with van der Waals surface area (Å²) < 4.78 is 5.96. The van der Waals surface area contributed by atoms with E-state index in [1.807, 2.05) is 12.1 Å². The van der Waals surface area contributed by atoms with Crippen molar-refractivity contribution in [2.45, 2.75) is 77.2 Å². The molecule has 2 saturated carbocycles. The molecule has 0 bridgehead atoms. The molecule has 2 N–H and O–H groups in total. The van der Waals surface area contributed by atoms with Gasteiger partial charge in [0.2, 0.25) is 5.91 Å². The monoisotopic (exact) mass is 429 g/mol. The van der Waals surface area contributed by atoms with E-state index in [0.717, 1.165) is 44.4 Å². The summed E-state index contributed by atoms with van der Waals surface area (Å²) in [6.07, 6.45) is 8.04. The number of ketones is 1. The lowest BCUT2D eigenvalue weighted by Gasteiger charge is -2.26. The molecule has 2 aliphatic rings. The van der Waals surface area contributed by atoms with Gasteiger partial charge in [-0.2, -0.15) is 0 Å². The van der Waals surface area contributed by atoms with Crippen LogP contribution in [-0.4, -0.2) is 35.4 Å². The van der Waals surface area contributed by atoms with Crippen LogP contribution in [0.2, 0.25) is 0 Å². The fraction of sp³-hybridized carbons (Fsp3) is 0.640. The molecule has 0 spiro atoms. The molecule has 2 fully saturated rings. The highest BCUT2D eigenvalue weighted by Gasteiger charge is 2.27. The van der Waals surface area contributed by atoms with Crippen LogP contribution in [-0.2, 0) is 9.59 Å². The van der Waals surface area contributed by atoms with Gasteiger partial charge in [0.25, 0.3) is 0 Å². The van der Waals surface area contributed by atoms with Crippen molar-refractivity contribution < 1.29 is 24.2 Å². The molecule has 31 heavy (non-hydrogen) atoms. The Hall–Kier alpha value is -2.37. The highest BCUT2D eigenvalue weighted by molar-refractivity contribution is 5.96. The molecule has 170 valence electrons. The van der Waals surface area contributed by atoms with E-state index < -0.39 is 5.97 Å². The predicted octanol–water partition coefficient (Wildman–Crippen LogP) is 4.61. The molecule has 1 aromatic rings. The fourth-order valence-corrected chi connectivity index (χ4v) is 4.61. The maximum absolute atomic E-state index is 12.4. The SMILES string of the molecule is CC1CCC(C(=O)NCCCC(=O)c2ccc(OC3CCC(C(=O)O)CC3)cc2)CC1. The number of Topliss-reactive ketones (excluding diaryl/α,β-unsaturated/α-hetero) is 1. The second-order valence-corrected chi connectivity index (χ2v) is 9.23. The van der Waals surface area contributed by atoms with Crippen LogP contribution in [0, 0.1) is 17.8 Å². The van der Waals surface area contributed by atoms with Gasteiger partial charge < -0.3 is 15.2 Å². The van der Waals surface area contributed by atoms with Crippen molar-refractivity contribution in [2.24, 2.45) is 17.8 Å². The highest BCUT2D eigenvalue weighted by atomic mass is 16.5. The summed E-state index contributed by atoms with van der Waals surface area (Å²) in [5, 5.41) is 12.1. The van der Waals surface area contributed by atoms with E-state index in [1.165, 1.54) is 0 Å². The van der Waals surface area contributed by atoms with Crippen molar-refractivity contribution in [2.75, 3.05) is 6.54 Å². The normalized spacial score (nSPS) is 26.1. The minimum absolute atomic E-state index is 0.0353. The Bertz CT molecular complexity index is 744. The lowest BCUT2D eigenvalue weighted by molar-refractivity contribution is -0.143. The van der Waals surface area contributed by atoms with Gasteiger partial charge in [0.05, 0.1) is 12.0 Å². The zero-order chi connectivity index (χ0) is 22.2. The lowest BCUT2D eigenvalue weighted by atomic mass is 9.82. The van der Waals surface area contributed by atoms with Gasteiger partial charge >= 0.3 is 5.97 Å². The van der Waals surface area contributed by atoms with Crippen molar-refractivity contribution in [1.29, 1.82) is 0 Å². The molecule has 0 aromatic heterocycles. The molecule has 0 radical (unpaired) electrons. The number of ether oxygens (including phenoxy) is 1. The van der Waals surface area contributed by atoms with Gasteiger partial charge in [-0.3, -0.25) is 14.4 Å². The summed E-state index contributed by atoms with van der Waals surface area (Å²) in [5.41, 5.74) is 0.648. The van der Waals surface area contributed by atoms with Gasteiger partial charge in [-0.05, 0) is 88.0 Å². The molecule has 1 amide bonds. The molecule has 0 saturated heterocycles. The van der Waals surface area contributed by atoms with Gasteiger partial charge in [-0.25, -0.2) is 0 Å². The molecule has 2 aliphatic carbocycles. The van der Waals surface area contributed by atoms with E-state index in [0.29, 0.717) is 43.5 Å². The average molecular weight is 430 g/mol. The van der Waals surface area contributed by atoms with E-state index >= 15 is 0 Å². The Morgan fingerprint density at radius 2 is 1.55 bits per heavy atom. The number of carboxylic acid groups (broad SMARTS) is 1. The molecular weight excluding hydrogens is 394 g/mol. The number of aliphatic carboxylic acids is 1. The van der Waals surface area contributed by atoms with Crippen LogP contribution in [0.1, 0.15) is 81.5 Å². The van der Waals surface area contributed by atoms with Crippen LogP contribution < -0.4 is 10.1 Å². The molecule has 0 heterocycles. The Kier molecular flexibility index (Phi) is 8.50. The Labute approximate surface area is 184 Å². The third kappa shape index (κ3) is 7.08. The maximum Gasteiger partial charge on any atom is 0.306 e. The second-order valence-electron chi connectivity index (χ2n) is 9.23. The number of nitrogens with one attached hydrogen (secondary N) is 1. The maximum atomic E-state index is 12.4. The number of hydrogen-bond acceptors (Lipinski definition) is 4. The molecule has 6 nitrogen and oxygen atoms in total. The summed E-state index contributed by atoms with van der Waals surface area (Å²) >= 11 is 0. The van der Waals surface area contributed by atoms with Crippen LogP contribution >= 0.6 is 0 Å². The molecule has 1 aromatic carbocycles. The first kappa shape index (κ1) is 23.3. The smallest absolute Gasteiger partial charge is 0.306 e. The average Bonchev–Trinajstić information content (AvgIpc) is 2.78. The molecule has 0 unspecified atom stereocenters. The number of carbonyl (C=O) groups is 3. The first-order valence-corrected chi connectivity index (χ1v) is 11.7. The highest BCUT2D eigenvalue weighted by Crippen LogP contribution is 2.29. The number of carboxylic acids is 1. The topological polar surface area (TPSA) is 92.7 Å². The Balaban J connectivity index is 1.34. The first-order chi connectivity index (χ1) is 14.9. The van der Waals surface area contributed by atoms with Crippen molar-refractivity contribution in [1.82, 2.24) is 5.32 Å². The standard InChI is InChI=1S/C25H35NO5/c1-17-4-6-19(7-5-17)24(28)26-16-2-3-23(27)18-8-12-21(13-9-18)31-22-14-10-20(11-15-22)25(29)30/h8-9,12-13,17,19-20,22H,2-7,10-11,14-16H2,1H3,(H,26,28)(H,29,30). The minimum atomic E-state index is -0.718. The number of rotatable bonds is 9. The third-order valence-electron chi connectivity index (χ3n) is 6.77. The van der Waals surface area contributed by atoms with Crippen LogP contribution in [0.15, 0.2) is 24.3 Å². The Morgan fingerprint density at radius 3 is 2.16 bits per heavy atom. The van der Waals surface area contributed by atoms with Crippen LogP contribution in [0.3, 0.4) is 0 Å². The number of hydrogen-bond donors (Lipinski definition) is 2. The van der Waals surface area contributed by atoms with Crippen molar-refractivity contribution >= 4 is 17.7 Å². The zero-order valence-corrected chi connectivity index (χ0v) is 18.5. The molecule has 6 heteroatoms. The van der Waals surface area contributed by atoms with Crippen molar-refractivity contribution in [3.05, 3.63) is 29.8 Å². The van der Waals surface area contributed by atoms with Crippen LogP contribution in [0.25, 0.3) is 0 Å². The van der Waals surface area contributed by atoms with Gasteiger partial charge in [-0.15, -0.1) is 0 Å². The lowest BCUT2D eigenvalue weighted by Crippen LogP contribution is -2.33. The molecular formula is C25H35NO5. The van der Waals surface area contributed by atoms with E-state index in [-0.39, 0.29) is 29.6 Å². The predicted molar refractivity (Wildman–Crippen MR) is 118 cm³/mol. The van der Waals surface area contributed by atoms with Gasteiger partial charge in [-0.1, -0.05) is 6.92 Å². The van der Waals surface area contributed by atoms with Crippen molar-refractivity contribution in [3.8, 4) is 5.75 Å². The minimum Gasteiger partial charge on any atom is -0.490 e. The molecule has 3 rings (SSSR count). The summed E-state index contributed by atoms with van der Waals surface area (Å²) in [6.45, 7) is 2.78. The fourth-order valence-electron chi connectivity index (χ4n) is 4.61. The number of benzene rings is 1. The van der Waals surface area contributed by atoms with E-state index in [4.69, 9.17) is 9.84 Å². The van der Waals surface area contributed by atoms with E-state index in [2.05, 4.69) is 12.2 Å². The van der Waals surface area contributed by atoms with Crippen LogP contribution in [0.5, 0.6) is 5.75 Å². The van der Waals surface area contributed by atoms with Crippen LogP contribution in [0.4, 0.5) is 0 Å². The zero-order valence-electron chi connectivity index (χ0n) is 18.5. The summed E-state index contributed by atoms with van der Waals surface area (Å²) in [7, 11) is 0. The Morgan fingerprint density at radius 1 is 0.935 bits per heavy atom. The number of carbonyl (C=O) groups excluding carboxylic acids is 2. The van der Waals surface area contributed by atoms with Crippen molar-refractivity contribution in [3.63, 3.8) is 0 Å². The quantitative estimate of drug-likeness (QED) is 0.442. The van der Waals surface area contributed by atoms with Gasteiger partial charge in [0, 0.05) is 24.4 Å². The molecule has 0 aliphatic heterocycles. The first-order valence-electron chi connectivity index (χ1n) is 11.7. The number of amides is 1. The van der Waals surface area contributed by atoms with E-state index in [1.54, 1.807) is 12.1 Å². The largest absolute Gasteiger partial charge is 0.490 e. The van der Waals surface area contributed by atoms with E-state index in [9.17, 15) is 14.4 Å². The summed E-state index contributed by atoms with van der Waals surface area (Å²) in [6, 6.07) is 7.18.